The third kappa shape index (κ3) is 2.84. The fourth-order valence-electron chi connectivity index (χ4n) is 2.49. The Morgan fingerprint density at radius 1 is 1.30 bits per heavy atom. The van der Waals surface area contributed by atoms with E-state index < -0.39 is 0 Å². The number of hydrogen-bond donors (Lipinski definition) is 1. The summed E-state index contributed by atoms with van der Waals surface area (Å²) in [5.41, 5.74) is 1.77. The summed E-state index contributed by atoms with van der Waals surface area (Å²) in [6.07, 6.45) is 2.88. The second-order valence-corrected chi connectivity index (χ2v) is 5.63. The zero-order valence-corrected chi connectivity index (χ0v) is 11.6. The number of carbonyl (C=O) groups is 1. The lowest BCUT2D eigenvalue weighted by atomic mass is 10.1. The van der Waals surface area contributed by atoms with Crippen LogP contribution in [0.5, 0.6) is 5.75 Å². The van der Waals surface area contributed by atoms with Crippen LogP contribution < -0.4 is 4.74 Å². The van der Waals surface area contributed by atoms with E-state index in [0.29, 0.717) is 11.6 Å². The first kappa shape index (κ1) is 13.2. The van der Waals surface area contributed by atoms with E-state index in [-0.39, 0.29) is 24.4 Å². The van der Waals surface area contributed by atoms with E-state index in [4.69, 9.17) is 14.9 Å². The molecule has 0 spiro atoms. The molecular weight excluding hydrogens is 254 g/mol. The Morgan fingerprint density at radius 3 is 2.60 bits per heavy atom. The molecule has 1 aromatic rings. The number of nitrogens with one attached hydrogen (secondary N) is 1. The van der Waals surface area contributed by atoms with E-state index in [1.165, 1.54) is 5.56 Å². The Labute approximate surface area is 118 Å². The maximum atomic E-state index is 11.4. The zero-order valence-electron chi connectivity index (χ0n) is 11.6. The SMILES string of the molecule is COc1ccc(C2CC2C(=N)COC(=O)C2CC2)cc1. The number of benzene rings is 1. The van der Waals surface area contributed by atoms with Gasteiger partial charge in [0, 0.05) is 5.92 Å². The molecule has 2 fully saturated rings. The molecule has 0 aliphatic heterocycles. The standard InChI is InChI=1S/C16H19NO3/c1-19-12-6-4-10(5-7-12)13-8-14(13)15(17)9-20-16(18)11-2-3-11/h4-7,11,13-14,17H,2-3,8-9H2,1H3. The summed E-state index contributed by atoms with van der Waals surface area (Å²) < 4.78 is 10.3. The highest BCUT2D eigenvalue weighted by Gasteiger charge is 2.42. The maximum Gasteiger partial charge on any atom is 0.309 e. The summed E-state index contributed by atoms with van der Waals surface area (Å²) in [5.74, 6) is 1.46. The third-order valence-electron chi connectivity index (χ3n) is 4.06. The Kier molecular flexibility index (Phi) is 3.47. The van der Waals surface area contributed by atoms with Gasteiger partial charge in [-0.05, 0) is 42.9 Å². The first-order valence-electron chi connectivity index (χ1n) is 7.07. The molecule has 0 heterocycles. The summed E-state index contributed by atoms with van der Waals surface area (Å²) in [4.78, 5) is 11.4. The van der Waals surface area contributed by atoms with Crippen LogP contribution in [0.1, 0.15) is 30.7 Å². The Morgan fingerprint density at radius 2 is 2.00 bits per heavy atom. The van der Waals surface area contributed by atoms with E-state index in [0.717, 1.165) is 25.0 Å². The van der Waals surface area contributed by atoms with Gasteiger partial charge in [0.05, 0.1) is 18.7 Å². The molecule has 3 rings (SSSR count). The van der Waals surface area contributed by atoms with Crippen LogP contribution in [-0.4, -0.2) is 25.4 Å². The van der Waals surface area contributed by atoms with Crippen LogP contribution in [0, 0.1) is 17.2 Å². The topological polar surface area (TPSA) is 59.4 Å². The smallest absolute Gasteiger partial charge is 0.309 e. The van der Waals surface area contributed by atoms with Gasteiger partial charge in [-0.2, -0.15) is 0 Å². The predicted octanol–water partition coefficient (Wildman–Crippen LogP) is 2.77. The average molecular weight is 273 g/mol. The summed E-state index contributed by atoms with van der Waals surface area (Å²) in [7, 11) is 1.65. The van der Waals surface area contributed by atoms with Crippen molar-refractivity contribution in [2.45, 2.75) is 25.2 Å². The van der Waals surface area contributed by atoms with Gasteiger partial charge in [-0.3, -0.25) is 4.79 Å². The molecule has 0 radical (unpaired) electrons. The number of carbonyl (C=O) groups excluding carboxylic acids is 1. The van der Waals surface area contributed by atoms with Crippen LogP contribution in [0.25, 0.3) is 0 Å². The van der Waals surface area contributed by atoms with Gasteiger partial charge in [0.2, 0.25) is 0 Å². The van der Waals surface area contributed by atoms with Crippen LogP contribution in [0.2, 0.25) is 0 Å². The van der Waals surface area contributed by atoms with Gasteiger partial charge in [0.25, 0.3) is 0 Å². The van der Waals surface area contributed by atoms with Crippen LogP contribution in [0.4, 0.5) is 0 Å². The van der Waals surface area contributed by atoms with Gasteiger partial charge in [-0.25, -0.2) is 0 Å². The lowest BCUT2D eigenvalue weighted by molar-refractivity contribution is -0.143. The Hall–Kier alpha value is -1.84. The number of esters is 1. The quantitative estimate of drug-likeness (QED) is 0.640. The van der Waals surface area contributed by atoms with Gasteiger partial charge in [0.1, 0.15) is 12.4 Å². The third-order valence-corrected chi connectivity index (χ3v) is 4.06. The summed E-state index contributed by atoms with van der Waals surface area (Å²) in [6, 6.07) is 7.99. The van der Waals surface area contributed by atoms with Crippen LogP contribution >= 0.6 is 0 Å². The van der Waals surface area contributed by atoms with E-state index in [2.05, 4.69) is 0 Å². The van der Waals surface area contributed by atoms with Crippen LogP contribution in [-0.2, 0) is 9.53 Å². The molecule has 2 aliphatic rings. The van der Waals surface area contributed by atoms with Crippen molar-refractivity contribution in [3.63, 3.8) is 0 Å². The van der Waals surface area contributed by atoms with Crippen molar-refractivity contribution in [2.24, 2.45) is 11.8 Å². The molecule has 0 aromatic heterocycles. The lowest BCUT2D eigenvalue weighted by Gasteiger charge is -2.06. The molecule has 4 heteroatoms. The number of methoxy groups -OCH3 is 1. The van der Waals surface area contributed by atoms with Gasteiger partial charge < -0.3 is 14.9 Å². The zero-order chi connectivity index (χ0) is 14.1. The van der Waals surface area contributed by atoms with Gasteiger partial charge in [-0.1, -0.05) is 12.1 Å². The van der Waals surface area contributed by atoms with Crippen molar-refractivity contribution in [1.82, 2.24) is 0 Å². The molecule has 106 valence electrons. The normalized spacial score (nSPS) is 24.1. The van der Waals surface area contributed by atoms with Crippen molar-refractivity contribution in [1.29, 1.82) is 5.41 Å². The summed E-state index contributed by atoms with van der Waals surface area (Å²) >= 11 is 0. The molecular formula is C16H19NO3. The van der Waals surface area contributed by atoms with Crippen molar-refractivity contribution in [3.05, 3.63) is 29.8 Å². The fourth-order valence-corrected chi connectivity index (χ4v) is 2.49. The number of ether oxygens (including phenoxy) is 2. The maximum absolute atomic E-state index is 11.4. The second-order valence-electron chi connectivity index (χ2n) is 5.63. The molecule has 1 aromatic carbocycles. The fraction of sp³-hybridized carbons (Fsp3) is 0.500. The second kappa shape index (κ2) is 5.27. The molecule has 0 saturated heterocycles. The van der Waals surface area contributed by atoms with Gasteiger partial charge >= 0.3 is 5.97 Å². The van der Waals surface area contributed by atoms with E-state index in [1.54, 1.807) is 7.11 Å². The first-order valence-corrected chi connectivity index (χ1v) is 7.07. The molecule has 0 amide bonds. The average Bonchev–Trinajstić information content (AvgIpc) is 3.36. The summed E-state index contributed by atoms with van der Waals surface area (Å²) in [5, 5.41) is 8.02. The van der Waals surface area contributed by atoms with Gasteiger partial charge in [0.15, 0.2) is 0 Å². The molecule has 20 heavy (non-hydrogen) atoms. The monoisotopic (exact) mass is 273 g/mol. The predicted molar refractivity (Wildman–Crippen MR) is 75.3 cm³/mol. The van der Waals surface area contributed by atoms with Crippen LogP contribution in [0.3, 0.4) is 0 Å². The van der Waals surface area contributed by atoms with E-state index in [1.807, 2.05) is 24.3 Å². The first-order chi connectivity index (χ1) is 9.69. The van der Waals surface area contributed by atoms with E-state index in [9.17, 15) is 4.79 Å². The molecule has 2 aliphatic carbocycles. The molecule has 2 saturated carbocycles. The minimum Gasteiger partial charge on any atom is -0.497 e. The summed E-state index contributed by atoms with van der Waals surface area (Å²) in [6.45, 7) is 0.159. The van der Waals surface area contributed by atoms with E-state index >= 15 is 0 Å². The highest BCUT2D eigenvalue weighted by molar-refractivity contribution is 5.90. The highest BCUT2D eigenvalue weighted by Crippen LogP contribution is 2.48. The number of hydrogen-bond acceptors (Lipinski definition) is 4. The largest absolute Gasteiger partial charge is 0.497 e. The number of rotatable bonds is 6. The van der Waals surface area contributed by atoms with Crippen molar-refractivity contribution < 1.29 is 14.3 Å². The molecule has 2 unspecified atom stereocenters. The van der Waals surface area contributed by atoms with Crippen LogP contribution in [0.15, 0.2) is 24.3 Å². The minimum atomic E-state index is -0.128. The van der Waals surface area contributed by atoms with Crippen molar-refractivity contribution in [2.75, 3.05) is 13.7 Å². The van der Waals surface area contributed by atoms with Crippen molar-refractivity contribution >= 4 is 11.7 Å². The Balaban J connectivity index is 1.49. The molecule has 0 bridgehead atoms. The van der Waals surface area contributed by atoms with Gasteiger partial charge in [-0.15, -0.1) is 0 Å². The highest BCUT2D eigenvalue weighted by atomic mass is 16.5. The molecule has 1 N–H and O–H groups in total. The van der Waals surface area contributed by atoms with Crippen molar-refractivity contribution in [3.8, 4) is 5.75 Å². The lowest BCUT2D eigenvalue weighted by Crippen LogP contribution is -2.16. The molecule has 2 atom stereocenters. The minimum absolute atomic E-state index is 0.111. The molecule has 4 nitrogen and oxygen atoms in total. The Bertz CT molecular complexity index is 519.